The lowest BCUT2D eigenvalue weighted by molar-refractivity contribution is -0.116. The standard InChI is InChI=1S/C22H23ClN4O3/c1-3-10-30-22-18(23)11-16(12-19(22)29-2)5-7-21(28)26-14-17-4-6-20(25-13-17)27-9-8-24-15-27/h4-9,11-13,15H,3,10,14H2,1-2H3,(H,26,28)/b7-5+. The Hall–Kier alpha value is -3.32. The van der Waals surface area contributed by atoms with Crippen molar-refractivity contribution in [3.63, 3.8) is 0 Å². The summed E-state index contributed by atoms with van der Waals surface area (Å²) in [6.45, 7) is 2.93. The lowest BCUT2D eigenvalue weighted by atomic mass is 10.2. The van der Waals surface area contributed by atoms with Crippen LogP contribution in [-0.4, -0.2) is 34.2 Å². The topological polar surface area (TPSA) is 78.3 Å². The lowest BCUT2D eigenvalue weighted by Crippen LogP contribution is -2.20. The van der Waals surface area contributed by atoms with E-state index in [1.165, 1.54) is 6.08 Å². The number of ether oxygens (including phenoxy) is 2. The van der Waals surface area contributed by atoms with Crippen molar-refractivity contribution in [1.29, 1.82) is 0 Å². The molecule has 0 aliphatic heterocycles. The minimum absolute atomic E-state index is 0.227. The number of hydrogen-bond acceptors (Lipinski definition) is 5. The fourth-order valence-corrected chi connectivity index (χ4v) is 2.94. The Bertz CT molecular complexity index is 1000. The van der Waals surface area contributed by atoms with E-state index in [-0.39, 0.29) is 5.91 Å². The van der Waals surface area contributed by atoms with Crippen LogP contribution >= 0.6 is 11.6 Å². The Balaban J connectivity index is 1.58. The van der Waals surface area contributed by atoms with E-state index in [1.54, 1.807) is 44.0 Å². The fraction of sp³-hybridized carbons (Fsp3) is 0.227. The summed E-state index contributed by atoms with van der Waals surface area (Å²) in [5.41, 5.74) is 1.63. The molecule has 3 aromatic rings. The molecule has 0 saturated heterocycles. The molecule has 8 heteroatoms. The second kappa shape index (κ2) is 10.5. The molecule has 0 saturated carbocycles. The number of pyridine rings is 1. The number of nitrogens with one attached hydrogen (secondary N) is 1. The smallest absolute Gasteiger partial charge is 0.244 e. The largest absolute Gasteiger partial charge is 0.493 e. The zero-order valence-corrected chi connectivity index (χ0v) is 17.6. The van der Waals surface area contributed by atoms with Crippen LogP contribution in [0.4, 0.5) is 0 Å². The molecule has 2 heterocycles. The van der Waals surface area contributed by atoms with Crippen molar-refractivity contribution in [2.24, 2.45) is 0 Å². The maximum Gasteiger partial charge on any atom is 0.244 e. The highest BCUT2D eigenvalue weighted by molar-refractivity contribution is 6.32. The molecule has 0 aliphatic carbocycles. The fourth-order valence-electron chi connectivity index (χ4n) is 2.67. The maximum absolute atomic E-state index is 12.2. The van der Waals surface area contributed by atoms with Crippen LogP contribution < -0.4 is 14.8 Å². The summed E-state index contributed by atoms with van der Waals surface area (Å²) in [6.07, 6.45) is 10.9. The molecule has 0 spiro atoms. The molecular weight excluding hydrogens is 404 g/mol. The molecule has 0 unspecified atom stereocenters. The zero-order valence-electron chi connectivity index (χ0n) is 16.8. The van der Waals surface area contributed by atoms with Crippen LogP contribution in [0, 0.1) is 0 Å². The van der Waals surface area contributed by atoms with Gasteiger partial charge in [0.1, 0.15) is 12.1 Å². The van der Waals surface area contributed by atoms with Crippen LogP contribution in [0.1, 0.15) is 24.5 Å². The van der Waals surface area contributed by atoms with Crippen LogP contribution in [0.3, 0.4) is 0 Å². The first-order valence-corrected chi connectivity index (χ1v) is 9.88. The summed E-state index contributed by atoms with van der Waals surface area (Å²) in [5.74, 6) is 1.57. The van der Waals surface area contributed by atoms with Gasteiger partial charge in [-0.15, -0.1) is 0 Å². The van der Waals surface area contributed by atoms with Crippen molar-refractivity contribution in [2.75, 3.05) is 13.7 Å². The van der Waals surface area contributed by atoms with Gasteiger partial charge in [0.05, 0.1) is 18.7 Å². The molecule has 0 fully saturated rings. The Morgan fingerprint density at radius 2 is 2.20 bits per heavy atom. The number of carbonyl (C=O) groups excluding carboxylic acids is 1. The number of imidazole rings is 1. The van der Waals surface area contributed by atoms with E-state index >= 15 is 0 Å². The van der Waals surface area contributed by atoms with Gasteiger partial charge < -0.3 is 14.8 Å². The highest BCUT2D eigenvalue weighted by Crippen LogP contribution is 2.36. The second-order valence-electron chi connectivity index (χ2n) is 6.43. The number of halogens is 1. The molecular formula is C22H23ClN4O3. The summed E-state index contributed by atoms with van der Waals surface area (Å²) >= 11 is 6.30. The maximum atomic E-state index is 12.2. The van der Waals surface area contributed by atoms with Gasteiger partial charge in [-0.05, 0) is 41.8 Å². The number of amides is 1. The van der Waals surface area contributed by atoms with Gasteiger partial charge >= 0.3 is 0 Å². The molecule has 1 amide bonds. The van der Waals surface area contributed by atoms with E-state index in [0.29, 0.717) is 29.7 Å². The second-order valence-corrected chi connectivity index (χ2v) is 6.84. The van der Waals surface area contributed by atoms with Crippen LogP contribution in [-0.2, 0) is 11.3 Å². The summed E-state index contributed by atoms with van der Waals surface area (Å²) in [4.78, 5) is 20.5. The Morgan fingerprint density at radius 1 is 1.33 bits per heavy atom. The quantitative estimate of drug-likeness (QED) is 0.522. The van der Waals surface area contributed by atoms with Crippen LogP contribution in [0.15, 0.2) is 55.3 Å². The Labute approximate surface area is 180 Å². The van der Waals surface area contributed by atoms with E-state index in [4.69, 9.17) is 21.1 Å². The van der Waals surface area contributed by atoms with Crippen molar-refractivity contribution in [3.8, 4) is 17.3 Å². The van der Waals surface area contributed by atoms with Gasteiger partial charge in [-0.25, -0.2) is 9.97 Å². The molecule has 1 N–H and O–H groups in total. The third-order valence-corrected chi connectivity index (χ3v) is 4.46. The number of carbonyl (C=O) groups is 1. The van der Waals surface area contributed by atoms with Crippen molar-refractivity contribution in [2.45, 2.75) is 19.9 Å². The molecule has 0 atom stereocenters. The third-order valence-electron chi connectivity index (χ3n) is 4.17. The predicted molar refractivity (Wildman–Crippen MR) is 116 cm³/mol. The van der Waals surface area contributed by atoms with Gasteiger partial charge in [-0.3, -0.25) is 9.36 Å². The number of rotatable bonds is 9. The highest BCUT2D eigenvalue weighted by Gasteiger charge is 2.11. The summed E-state index contributed by atoms with van der Waals surface area (Å²) in [7, 11) is 1.55. The van der Waals surface area contributed by atoms with Gasteiger partial charge in [-0.1, -0.05) is 24.6 Å². The van der Waals surface area contributed by atoms with Gasteiger partial charge in [0.15, 0.2) is 11.5 Å². The summed E-state index contributed by atoms with van der Waals surface area (Å²) in [6, 6.07) is 7.29. The molecule has 3 rings (SSSR count). The van der Waals surface area contributed by atoms with Crippen LogP contribution in [0.2, 0.25) is 5.02 Å². The highest BCUT2D eigenvalue weighted by atomic mass is 35.5. The van der Waals surface area contributed by atoms with Gasteiger partial charge in [0.2, 0.25) is 5.91 Å². The molecule has 30 heavy (non-hydrogen) atoms. The van der Waals surface area contributed by atoms with Gasteiger partial charge in [0, 0.05) is 31.2 Å². The Kier molecular flexibility index (Phi) is 7.45. The number of aromatic nitrogens is 3. The number of nitrogens with zero attached hydrogens (tertiary/aromatic N) is 3. The summed E-state index contributed by atoms with van der Waals surface area (Å²) in [5, 5.41) is 3.27. The average molecular weight is 427 g/mol. The van der Waals surface area contributed by atoms with Gasteiger partial charge in [0.25, 0.3) is 0 Å². The molecule has 156 valence electrons. The van der Waals surface area contributed by atoms with Crippen molar-refractivity contribution in [1.82, 2.24) is 19.9 Å². The van der Waals surface area contributed by atoms with Gasteiger partial charge in [-0.2, -0.15) is 0 Å². The first-order chi connectivity index (χ1) is 14.6. The van der Waals surface area contributed by atoms with E-state index in [0.717, 1.165) is 23.4 Å². The van der Waals surface area contributed by atoms with Crippen molar-refractivity contribution < 1.29 is 14.3 Å². The first kappa shape index (κ1) is 21.4. The van der Waals surface area contributed by atoms with E-state index in [9.17, 15) is 4.79 Å². The van der Waals surface area contributed by atoms with Crippen molar-refractivity contribution in [3.05, 3.63) is 71.4 Å². The minimum Gasteiger partial charge on any atom is -0.493 e. The lowest BCUT2D eigenvalue weighted by Gasteiger charge is -2.12. The predicted octanol–water partition coefficient (Wildman–Crippen LogP) is 4.05. The third kappa shape index (κ3) is 5.61. The molecule has 0 bridgehead atoms. The normalized spacial score (nSPS) is 10.9. The van der Waals surface area contributed by atoms with E-state index in [2.05, 4.69) is 15.3 Å². The minimum atomic E-state index is -0.227. The van der Waals surface area contributed by atoms with Crippen LogP contribution in [0.25, 0.3) is 11.9 Å². The number of benzene rings is 1. The zero-order chi connectivity index (χ0) is 21.3. The Morgan fingerprint density at radius 3 is 2.87 bits per heavy atom. The average Bonchev–Trinajstić information content (AvgIpc) is 3.30. The van der Waals surface area contributed by atoms with E-state index < -0.39 is 0 Å². The number of methoxy groups -OCH3 is 1. The van der Waals surface area contributed by atoms with Crippen molar-refractivity contribution >= 4 is 23.6 Å². The molecule has 1 aromatic carbocycles. The van der Waals surface area contributed by atoms with Crippen LogP contribution in [0.5, 0.6) is 11.5 Å². The van der Waals surface area contributed by atoms with E-state index in [1.807, 2.05) is 29.8 Å². The first-order valence-electron chi connectivity index (χ1n) is 9.50. The molecule has 0 radical (unpaired) electrons. The molecule has 7 nitrogen and oxygen atoms in total. The summed E-state index contributed by atoms with van der Waals surface area (Å²) < 4.78 is 12.8. The molecule has 0 aliphatic rings. The number of hydrogen-bond donors (Lipinski definition) is 1. The monoisotopic (exact) mass is 426 g/mol. The molecule has 2 aromatic heterocycles. The SMILES string of the molecule is CCCOc1c(Cl)cc(/C=C/C(=O)NCc2ccc(-n3ccnc3)nc2)cc1OC.